The molecule has 6 nitrogen and oxygen atoms in total. The Kier molecular flexibility index (Phi) is 4.79. The SMILES string of the molecule is CN(Cc1nc2ccccc2[nH]1)C(=O)c1ccc(OC2CCSC2)nc1. The predicted molar refractivity (Wildman–Crippen MR) is 102 cm³/mol. The molecule has 134 valence electrons. The summed E-state index contributed by atoms with van der Waals surface area (Å²) in [5.74, 6) is 3.37. The fourth-order valence-electron chi connectivity index (χ4n) is 2.95. The number of benzene rings is 1. The summed E-state index contributed by atoms with van der Waals surface area (Å²) in [6, 6.07) is 11.4. The third-order valence-electron chi connectivity index (χ3n) is 4.33. The van der Waals surface area contributed by atoms with Gasteiger partial charge in [0, 0.05) is 25.1 Å². The zero-order valence-corrected chi connectivity index (χ0v) is 15.3. The first-order valence-electron chi connectivity index (χ1n) is 8.58. The molecule has 1 aliphatic rings. The minimum absolute atomic E-state index is 0.0964. The molecule has 1 saturated heterocycles. The molecule has 1 amide bonds. The molecule has 0 saturated carbocycles. The number of aromatic amines is 1. The van der Waals surface area contributed by atoms with Crippen LogP contribution in [0.5, 0.6) is 5.88 Å². The van der Waals surface area contributed by atoms with Gasteiger partial charge in [-0.3, -0.25) is 4.79 Å². The number of carbonyl (C=O) groups excluding carboxylic acids is 1. The number of imidazole rings is 1. The number of rotatable bonds is 5. The molecule has 1 aromatic carbocycles. The van der Waals surface area contributed by atoms with Gasteiger partial charge in [-0.1, -0.05) is 12.1 Å². The smallest absolute Gasteiger partial charge is 0.255 e. The highest BCUT2D eigenvalue weighted by Gasteiger charge is 2.18. The van der Waals surface area contributed by atoms with Crippen molar-refractivity contribution in [3.8, 4) is 5.88 Å². The molecule has 1 N–H and O–H groups in total. The number of pyridine rings is 1. The van der Waals surface area contributed by atoms with Crippen LogP contribution >= 0.6 is 11.8 Å². The van der Waals surface area contributed by atoms with Gasteiger partial charge < -0.3 is 14.6 Å². The third-order valence-corrected chi connectivity index (χ3v) is 5.46. The molecule has 1 atom stereocenters. The van der Waals surface area contributed by atoms with Crippen molar-refractivity contribution in [2.45, 2.75) is 19.1 Å². The second kappa shape index (κ2) is 7.37. The Morgan fingerprint density at radius 3 is 2.96 bits per heavy atom. The number of carbonyl (C=O) groups is 1. The zero-order valence-electron chi connectivity index (χ0n) is 14.5. The van der Waals surface area contributed by atoms with Crippen molar-refractivity contribution in [1.82, 2.24) is 19.9 Å². The van der Waals surface area contributed by atoms with Crippen LogP contribution in [0.1, 0.15) is 22.6 Å². The first-order valence-corrected chi connectivity index (χ1v) is 9.74. The van der Waals surface area contributed by atoms with Crippen LogP contribution in [0.3, 0.4) is 0 Å². The quantitative estimate of drug-likeness (QED) is 0.749. The van der Waals surface area contributed by atoms with Crippen molar-refractivity contribution in [2.75, 3.05) is 18.6 Å². The van der Waals surface area contributed by atoms with E-state index in [1.54, 1.807) is 30.3 Å². The van der Waals surface area contributed by atoms with Crippen LogP contribution < -0.4 is 4.74 Å². The molecule has 0 aliphatic carbocycles. The summed E-state index contributed by atoms with van der Waals surface area (Å²) < 4.78 is 5.83. The number of nitrogens with one attached hydrogen (secondary N) is 1. The summed E-state index contributed by atoms with van der Waals surface area (Å²) in [7, 11) is 1.76. The number of amides is 1. The number of fused-ring (bicyclic) bond motifs is 1. The van der Waals surface area contributed by atoms with Crippen molar-refractivity contribution in [3.05, 3.63) is 54.0 Å². The van der Waals surface area contributed by atoms with Crippen molar-refractivity contribution >= 4 is 28.7 Å². The van der Waals surface area contributed by atoms with Gasteiger partial charge in [0.05, 0.1) is 23.1 Å². The van der Waals surface area contributed by atoms with Gasteiger partial charge >= 0.3 is 0 Å². The molecule has 1 unspecified atom stereocenters. The van der Waals surface area contributed by atoms with Gasteiger partial charge in [-0.15, -0.1) is 0 Å². The van der Waals surface area contributed by atoms with Crippen LogP contribution in [0.15, 0.2) is 42.6 Å². The van der Waals surface area contributed by atoms with Crippen LogP contribution in [-0.2, 0) is 6.54 Å². The number of ether oxygens (including phenoxy) is 1. The molecule has 1 fully saturated rings. The van der Waals surface area contributed by atoms with Gasteiger partial charge in [0.2, 0.25) is 5.88 Å². The molecule has 3 aromatic rings. The second-order valence-corrected chi connectivity index (χ2v) is 7.50. The molecule has 0 spiro atoms. The Morgan fingerprint density at radius 1 is 1.35 bits per heavy atom. The van der Waals surface area contributed by atoms with Crippen molar-refractivity contribution in [2.24, 2.45) is 0 Å². The lowest BCUT2D eigenvalue weighted by Crippen LogP contribution is -2.26. The summed E-state index contributed by atoms with van der Waals surface area (Å²) >= 11 is 1.89. The first-order chi connectivity index (χ1) is 12.7. The Balaban J connectivity index is 1.40. The Labute approximate surface area is 156 Å². The highest BCUT2D eigenvalue weighted by atomic mass is 32.2. The summed E-state index contributed by atoms with van der Waals surface area (Å²) in [6.45, 7) is 0.408. The van der Waals surface area contributed by atoms with Crippen LogP contribution in [0, 0.1) is 0 Å². The molecular formula is C19H20N4O2S. The highest BCUT2D eigenvalue weighted by molar-refractivity contribution is 7.99. The topological polar surface area (TPSA) is 71.1 Å². The molecule has 4 rings (SSSR count). The van der Waals surface area contributed by atoms with E-state index in [-0.39, 0.29) is 12.0 Å². The first kappa shape index (κ1) is 16.9. The fourth-order valence-corrected chi connectivity index (χ4v) is 4.04. The average Bonchev–Trinajstić information content (AvgIpc) is 3.30. The fraction of sp³-hybridized carbons (Fsp3) is 0.316. The van der Waals surface area contributed by atoms with Gasteiger partial charge in [-0.2, -0.15) is 11.8 Å². The van der Waals surface area contributed by atoms with E-state index in [1.165, 1.54) is 0 Å². The molecule has 7 heteroatoms. The maximum absolute atomic E-state index is 12.6. The highest BCUT2D eigenvalue weighted by Crippen LogP contribution is 2.22. The number of H-pyrrole nitrogens is 1. The Morgan fingerprint density at radius 2 is 2.23 bits per heavy atom. The van der Waals surface area contributed by atoms with E-state index in [4.69, 9.17) is 4.74 Å². The van der Waals surface area contributed by atoms with Crippen LogP contribution in [0.2, 0.25) is 0 Å². The van der Waals surface area contributed by atoms with Crippen molar-refractivity contribution < 1.29 is 9.53 Å². The van der Waals surface area contributed by atoms with Gasteiger partial charge in [0.1, 0.15) is 11.9 Å². The largest absolute Gasteiger partial charge is 0.473 e. The maximum Gasteiger partial charge on any atom is 0.255 e. The molecule has 0 bridgehead atoms. The molecule has 3 heterocycles. The van der Waals surface area contributed by atoms with E-state index in [1.807, 2.05) is 36.0 Å². The van der Waals surface area contributed by atoms with Crippen LogP contribution in [0.25, 0.3) is 11.0 Å². The molecule has 26 heavy (non-hydrogen) atoms. The number of nitrogens with zero attached hydrogens (tertiary/aromatic N) is 3. The molecule has 1 aliphatic heterocycles. The molecule has 0 radical (unpaired) electrons. The van der Waals surface area contributed by atoms with Gasteiger partial charge in [0.25, 0.3) is 5.91 Å². The Bertz CT molecular complexity index is 870. The van der Waals surface area contributed by atoms with Gasteiger partial charge in [-0.25, -0.2) is 9.97 Å². The maximum atomic E-state index is 12.6. The van der Waals surface area contributed by atoms with E-state index in [0.717, 1.165) is 34.8 Å². The summed E-state index contributed by atoms with van der Waals surface area (Å²) in [5.41, 5.74) is 2.41. The minimum atomic E-state index is -0.0964. The number of aromatic nitrogens is 3. The second-order valence-electron chi connectivity index (χ2n) is 6.35. The van der Waals surface area contributed by atoms with E-state index in [0.29, 0.717) is 18.0 Å². The Hall–Kier alpha value is -2.54. The van der Waals surface area contributed by atoms with Crippen LogP contribution in [0.4, 0.5) is 0 Å². The number of hydrogen-bond donors (Lipinski definition) is 1. The molecule has 2 aromatic heterocycles. The molecular weight excluding hydrogens is 348 g/mol. The average molecular weight is 368 g/mol. The van der Waals surface area contributed by atoms with Gasteiger partial charge in [0.15, 0.2) is 0 Å². The predicted octanol–water partition coefficient (Wildman–Crippen LogP) is 3.11. The number of para-hydroxylation sites is 2. The lowest BCUT2D eigenvalue weighted by molar-refractivity contribution is 0.0781. The summed E-state index contributed by atoms with van der Waals surface area (Å²) in [5, 5.41) is 0. The lowest BCUT2D eigenvalue weighted by atomic mass is 10.2. The van der Waals surface area contributed by atoms with Crippen molar-refractivity contribution in [3.63, 3.8) is 0 Å². The summed E-state index contributed by atoms with van der Waals surface area (Å²) in [6.07, 6.45) is 2.85. The monoisotopic (exact) mass is 368 g/mol. The number of hydrogen-bond acceptors (Lipinski definition) is 5. The lowest BCUT2D eigenvalue weighted by Gasteiger charge is -2.16. The van der Waals surface area contributed by atoms with E-state index in [2.05, 4.69) is 15.0 Å². The van der Waals surface area contributed by atoms with Crippen LogP contribution in [-0.4, -0.2) is 50.4 Å². The van der Waals surface area contributed by atoms with E-state index in [9.17, 15) is 4.79 Å². The summed E-state index contributed by atoms with van der Waals surface area (Å²) in [4.78, 5) is 26.3. The van der Waals surface area contributed by atoms with E-state index >= 15 is 0 Å². The minimum Gasteiger partial charge on any atom is -0.473 e. The zero-order chi connectivity index (χ0) is 17.9. The van der Waals surface area contributed by atoms with Gasteiger partial charge in [-0.05, 0) is 30.4 Å². The normalized spacial score (nSPS) is 16.7. The standard InChI is InChI=1S/C19H20N4O2S/c1-23(11-17-21-15-4-2-3-5-16(15)22-17)19(24)13-6-7-18(20-10-13)25-14-8-9-26-12-14/h2-7,10,14H,8-9,11-12H2,1H3,(H,21,22). The van der Waals surface area contributed by atoms with E-state index < -0.39 is 0 Å². The van der Waals surface area contributed by atoms with Crippen molar-refractivity contribution in [1.29, 1.82) is 0 Å². The third kappa shape index (κ3) is 3.67. The number of thioether (sulfide) groups is 1.